The third kappa shape index (κ3) is 2.60. The van der Waals surface area contributed by atoms with Crippen LogP contribution in [0.25, 0.3) is 0 Å². The Kier molecular flexibility index (Phi) is 4.48. The summed E-state index contributed by atoms with van der Waals surface area (Å²) in [6.07, 6.45) is 2.40. The second kappa shape index (κ2) is 6.93. The van der Waals surface area contributed by atoms with Gasteiger partial charge in [0.25, 0.3) is 0 Å². The molecule has 0 N–H and O–H groups in total. The molecule has 1 heterocycles. The Balaban J connectivity index is 2.14. The summed E-state index contributed by atoms with van der Waals surface area (Å²) in [6, 6.07) is 32.9. The summed E-state index contributed by atoms with van der Waals surface area (Å²) in [5.41, 5.74) is 7.66. The molecule has 0 amide bonds. The van der Waals surface area contributed by atoms with Gasteiger partial charge in [-0.25, -0.2) is 0 Å². The van der Waals surface area contributed by atoms with E-state index in [0.717, 1.165) is 0 Å². The van der Waals surface area contributed by atoms with Gasteiger partial charge in [0.15, 0.2) is 0 Å². The number of rotatable bonds is 4. The second-order valence-electron chi connectivity index (χ2n) is 7.09. The number of hydrogen-bond donors (Lipinski definition) is 0. The summed E-state index contributed by atoms with van der Waals surface area (Å²) < 4.78 is 0. The molecule has 0 bridgehead atoms. The number of allylic oxidation sites excluding steroid dienone is 3. The van der Waals surface area contributed by atoms with Gasteiger partial charge in [0, 0.05) is 0 Å². The molecular formula is C25H24Si. The predicted molar refractivity (Wildman–Crippen MR) is 114 cm³/mol. The maximum Gasteiger partial charge on any atom is 0.0859 e. The molecule has 128 valence electrons. The smallest absolute Gasteiger partial charge is 0.0859 e. The zero-order valence-electron chi connectivity index (χ0n) is 15.4. The summed E-state index contributed by atoms with van der Waals surface area (Å²) >= 11 is 0. The normalized spacial score (nSPS) is 16.9. The van der Waals surface area contributed by atoms with Crippen LogP contribution in [0.15, 0.2) is 114 Å². The van der Waals surface area contributed by atoms with Crippen LogP contribution in [0.3, 0.4) is 0 Å². The van der Waals surface area contributed by atoms with Crippen LogP contribution in [0.5, 0.6) is 0 Å². The molecule has 3 aromatic rings. The molecule has 0 saturated heterocycles. The van der Waals surface area contributed by atoms with E-state index in [1.807, 2.05) is 0 Å². The minimum absolute atomic E-state index is 0.262. The van der Waals surface area contributed by atoms with Crippen LogP contribution in [0.2, 0.25) is 6.55 Å². The van der Waals surface area contributed by atoms with Gasteiger partial charge in [-0.15, -0.1) is 0 Å². The Morgan fingerprint density at radius 2 is 1.00 bits per heavy atom. The summed E-state index contributed by atoms with van der Waals surface area (Å²) in [5.74, 6) is 0. The Bertz CT molecular complexity index is 841. The van der Waals surface area contributed by atoms with Crippen LogP contribution in [0, 0.1) is 0 Å². The first-order valence-electron chi connectivity index (χ1n) is 9.30. The molecule has 3 aromatic carbocycles. The largest absolute Gasteiger partial charge is 0.0932 e. The molecule has 0 aliphatic carbocycles. The predicted octanol–water partition coefficient (Wildman–Crippen LogP) is 5.84. The number of benzene rings is 3. The van der Waals surface area contributed by atoms with E-state index in [1.165, 1.54) is 22.3 Å². The summed E-state index contributed by atoms with van der Waals surface area (Å²) in [7, 11) is -0.973. The molecule has 0 fully saturated rings. The summed E-state index contributed by atoms with van der Waals surface area (Å²) in [5, 5.41) is 1.58. The van der Waals surface area contributed by atoms with E-state index in [2.05, 4.69) is 116 Å². The fraction of sp³-hybridized carbons (Fsp3) is 0.120. The minimum Gasteiger partial charge on any atom is -0.0932 e. The molecule has 0 nitrogen and oxygen atoms in total. The van der Waals surface area contributed by atoms with Crippen LogP contribution in [-0.4, -0.2) is 8.80 Å². The van der Waals surface area contributed by atoms with Crippen molar-refractivity contribution in [2.75, 3.05) is 0 Å². The average molecular weight is 353 g/mol. The first-order valence-corrected chi connectivity index (χ1v) is 11.7. The van der Waals surface area contributed by atoms with Gasteiger partial charge in [-0.05, 0) is 29.2 Å². The fourth-order valence-corrected chi connectivity index (χ4v) is 5.79. The molecule has 26 heavy (non-hydrogen) atoms. The van der Waals surface area contributed by atoms with Crippen LogP contribution >= 0.6 is 0 Å². The minimum atomic E-state index is -0.973. The van der Waals surface area contributed by atoms with Crippen molar-refractivity contribution < 1.29 is 0 Å². The van der Waals surface area contributed by atoms with Crippen molar-refractivity contribution >= 4 is 8.80 Å². The van der Waals surface area contributed by atoms with Crippen molar-refractivity contribution in [3.8, 4) is 0 Å². The van der Waals surface area contributed by atoms with E-state index in [9.17, 15) is 0 Å². The third-order valence-electron chi connectivity index (χ3n) is 5.68. The topological polar surface area (TPSA) is 0 Å². The lowest BCUT2D eigenvalue weighted by molar-refractivity contribution is 0.741. The van der Waals surface area contributed by atoms with Crippen molar-refractivity contribution in [3.63, 3.8) is 0 Å². The monoisotopic (exact) mass is 352 g/mol. The Hall–Kier alpha value is -2.64. The molecule has 1 aliphatic heterocycles. The van der Waals surface area contributed by atoms with Crippen molar-refractivity contribution in [2.45, 2.75) is 18.9 Å². The first kappa shape index (κ1) is 16.8. The molecular weight excluding hydrogens is 328 g/mol. The van der Waals surface area contributed by atoms with Gasteiger partial charge in [-0.2, -0.15) is 0 Å². The van der Waals surface area contributed by atoms with Crippen LogP contribution < -0.4 is 0 Å². The standard InChI is InChI=1S/C25H24Si/c1-20-24(18-19-26(20)2)25(21-12-6-3-7-13-21,22-14-8-4-9-15-22)23-16-10-5-11-17-23/h3-19,26H,1-2H3. The van der Waals surface area contributed by atoms with Crippen molar-refractivity contribution in [2.24, 2.45) is 0 Å². The molecule has 1 atom stereocenters. The van der Waals surface area contributed by atoms with Crippen molar-refractivity contribution in [3.05, 3.63) is 130 Å². The zero-order valence-corrected chi connectivity index (χ0v) is 16.5. The highest BCUT2D eigenvalue weighted by Crippen LogP contribution is 2.48. The van der Waals surface area contributed by atoms with Crippen LogP contribution in [0.4, 0.5) is 0 Å². The van der Waals surface area contributed by atoms with Gasteiger partial charge in [-0.3, -0.25) is 0 Å². The van der Waals surface area contributed by atoms with Crippen molar-refractivity contribution in [1.82, 2.24) is 0 Å². The molecule has 0 saturated carbocycles. The lowest BCUT2D eigenvalue weighted by Crippen LogP contribution is -2.32. The Morgan fingerprint density at radius 1 is 0.615 bits per heavy atom. The first-order chi connectivity index (χ1) is 12.7. The second-order valence-corrected chi connectivity index (χ2v) is 9.92. The maximum atomic E-state index is 2.47. The third-order valence-corrected chi connectivity index (χ3v) is 8.13. The highest BCUT2D eigenvalue weighted by atomic mass is 28.3. The van der Waals surface area contributed by atoms with E-state index in [1.54, 1.807) is 5.20 Å². The van der Waals surface area contributed by atoms with Gasteiger partial charge in [0.2, 0.25) is 0 Å². The highest BCUT2D eigenvalue weighted by molar-refractivity contribution is 6.71. The van der Waals surface area contributed by atoms with Gasteiger partial charge < -0.3 is 0 Å². The molecule has 0 aromatic heterocycles. The molecule has 1 heteroatoms. The molecule has 1 unspecified atom stereocenters. The Morgan fingerprint density at radius 3 is 1.31 bits per heavy atom. The van der Waals surface area contributed by atoms with Crippen LogP contribution in [-0.2, 0) is 5.41 Å². The Labute approximate surface area is 158 Å². The SMILES string of the molecule is CC1=C(C(c2ccccc2)(c2ccccc2)c2ccccc2)C=C[SiH]1C. The van der Waals surface area contributed by atoms with E-state index < -0.39 is 8.80 Å². The fourth-order valence-electron chi connectivity index (χ4n) is 4.21. The maximum absolute atomic E-state index is 2.47. The van der Waals surface area contributed by atoms with Crippen molar-refractivity contribution in [1.29, 1.82) is 0 Å². The van der Waals surface area contributed by atoms with Gasteiger partial charge >= 0.3 is 0 Å². The molecule has 4 rings (SSSR count). The van der Waals surface area contributed by atoms with Gasteiger partial charge in [-0.1, -0.05) is 115 Å². The molecule has 0 radical (unpaired) electrons. The van der Waals surface area contributed by atoms with E-state index >= 15 is 0 Å². The van der Waals surface area contributed by atoms with Crippen LogP contribution in [0.1, 0.15) is 23.6 Å². The van der Waals surface area contributed by atoms with E-state index in [-0.39, 0.29) is 5.41 Å². The molecule has 1 aliphatic rings. The van der Waals surface area contributed by atoms with Gasteiger partial charge in [0.05, 0.1) is 14.2 Å². The average Bonchev–Trinajstić information content (AvgIpc) is 3.04. The quantitative estimate of drug-likeness (QED) is 0.408. The summed E-state index contributed by atoms with van der Waals surface area (Å²) in [4.78, 5) is 0. The van der Waals surface area contributed by atoms with E-state index in [0.29, 0.717) is 0 Å². The van der Waals surface area contributed by atoms with Gasteiger partial charge in [0.1, 0.15) is 0 Å². The number of hydrogen-bond acceptors (Lipinski definition) is 0. The summed E-state index contributed by atoms with van der Waals surface area (Å²) in [6.45, 7) is 4.76. The molecule has 0 spiro atoms. The lowest BCUT2D eigenvalue weighted by Gasteiger charge is -2.38. The lowest BCUT2D eigenvalue weighted by atomic mass is 9.64. The van der Waals surface area contributed by atoms with E-state index in [4.69, 9.17) is 0 Å². The zero-order chi connectivity index (χ0) is 18.0. The highest BCUT2D eigenvalue weighted by Gasteiger charge is 2.41.